The SMILES string of the molecule is CC(C)(CCCC(=O)O)C(C)(C)C(C)(C)C(C)(C)C(C)(C)C(=O)O. The molecule has 142 valence electrons. The lowest BCUT2D eigenvalue weighted by Gasteiger charge is -2.62. The summed E-state index contributed by atoms with van der Waals surface area (Å²) in [5.41, 5.74) is -1.98. The Bertz CT molecular complexity index is 482. The number of carbonyl (C=O) groups is 2. The molecule has 0 aromatic rings. The molecule has 0 aliphatic carbocycles. The summed E-state index contributed by atoms with van der Waals surface area (Å²) >= 11 is 0. The minimum atomic E-state index is -0.884. The van der Waals surface area contributed by atoms with Crippen LogP contribution in [0.25, 0.3) is 0 Å². The Kier molecular flexibility index (Phi) is 6.39. The van der Waals surface area contributed by atoms with Gasteiger partial charge < -0.3 is 10.2 Å². The van der Waals surface area contributed by atoms with E-state index in [0.29, 0.717) is 6.42 Å². The van der Waals surface area contributed by atoms with E-state index in [4.69, 9.17) is 5.11 Å². The fourth-order valence-corrected chi connectivity index (χ4v) is 3.67. The third kappa shape index (κ3) is 3.62. The summed E-state index contributed by atoms with van der Waals surface area (Å²) in [5, 5.41) is 18.7. The fraction of sp³-hybridized carbons (Fsp3) is 0.900. The van der Waals surface area contributed by atoms with E-state index in [0.717, 1.165) is 6.42 Å². The zero-order chi connectivity index (χ0) is 19.8. The maximum atomic E-state index is 11.9. The van der Waals surface area contributed by atoms with Crippen LogP contribution in [-0.2, 0) is 9.59 Å². The van der Waals surface area contributed by atoms with Gasteiger partial charge in [-0.05, 0) is 48.3 Å². The normalized spacial score (nSPS) is 14.6. The van der Waals surface area contributed by atoms with Gasteiger partial charge in [0.1, 0.15) is 0 Å². The molecule has 0 bridgehead atoms. The number of hydrogen-bond donors (Lipinski definition) is 2. The molecule has 0 unspecified atom stereocenters. The smallest absolute Gasteiger partial charge is 0.309 e. The highest BCUT2D eigenvalue weighted by atomic mass is 16.4. The Morgan fingerprint density at radius 1 is 0.708 bits per heavy atom. The van der Waals surface area contributed by atoms with Gasteiger partial charge in [0, 0.05) is 6.42 Å². The van der Waals surface area contributed by atoms with Gasteiger partial charge >= 0.3 is 11.9 Å². The second-order valence-electron chi connectivity index (χ2n) is 9.94. The molecular formula is C20H38O4. The Morgan fingerprint density at radius 3 is 1.46 bits per heavy atom. The lowest BCUT2D eigenvalue weighted by atomic mass is 9.42. The van der Waals surface area contributed by atoms with Crippen molar-refractivity contribution >= 4 is 11.9 Å². The van der Waals surface area contributed by atoms with Gasteiger partial charge in [-0.15, -0.1) is 0 Å². The number of carboxylic acids is 2. The number of carboxylic acid groups (broad SMARTS) is 2. The lowest BCUT2D eigenvalue weighted by Crippen LogP contribution is -2.58. The molecule has 0 spiro atoms. The fourth-order valence-electron chi connectivity index (χ4n) is 3.67. The van der Waals surface area contributed by atoms with E-state index in [9.17, 15) is 14.7 Å². The van der Waals surface area contributed by atoms with Crippen LogP contribution in [0.5, 0.6) is 0 Å². The first-order valence-electron chi connectivity index (χ1n) is 8.81. The summed E-state index contributed by atoms with van der Waals surface area (Å²) in [6, 6.07) is 0. The molecular weight excluding hydrogens is 304 g/mol. The van der Waals surface area contributed by atoms with Gasteiger partial charge in [-0.1, -0.05) is 55.4 Å². The van der Waals surface area contributed by atoms with E-state index < -0.39 is 22.8 Å². The summed E-state index contributed by atoms with van der Waals surface area (Å²) in [6.45, 7) is 20.7. The number of hydrogen-bond acceptors (Lipinski definition) is 2. The Balaban J connectivity index is 5.80. The van der Waals surface area contributed by atoms with Gasteiger partial charge in [0.15, 0.2) is 0 Å². The lowest BCUT2D eigenvalue weighted by molar-refractivity contribution is -0.178. The largest absolute Gasteiger partial charge is 0.481 e. The quantitative estimate of drug-likeness (QED) is 0.583. The van der Waals surface area contributed by atoms with Crippen molar-refractivity contribution in [3.05, 3.63) is 0 Å². The highest BCUT2D eigenvalue weighted by Crippen LogP contribution is 2.64. The number of aliphatic carboxylic acids is 2. The van der Waals surface area contributed by atoms with E-state index >= 15 is 0 Å². The van der Waals surface area contributed by atoms with Crippen LogP contribution in [0.2, 0.25) is 0 Å². The van der Waals surface area contributed by atoms with Crippen molar-refractivity contribution in [2.24, 2.45) is 27.1 Å². The van der Waals surface area contributed by atoms with Gasteiger partial charge in [0.05, 0.1) is 5.41 Å². The third-order valence-corrected chi connectivity index (χ3v) is 8.11. The van der Waals surface area contributed by atoms with Crippen LogP contribution in [0.3, 0.4) is 0 Å². The highest BCUT2D eigenvalue weighted by molar-refractivity contribution is 5.75. The van der Waals surface area contributed by atoms with Crippen LogP contribution in [-0.4, -0.2) is 22.2 Å². The average molecular weight is 343 g/mol. The van der Waals surface area contributed by atoms with E-state index in [1.165, 1.54) is 0 Å². The van der Waals surface area contributed by atoms with Crippen LogP contribution in [0.4, 0.5) is 0 Å². The topological polar surface area (TPSA) is 74.6 Å². The first-order chi connectivity index (χ1) is 10.4. The highest BCUT2D eigenvalue weighted by Gasteiger charge is 2.60. The van der Waals surface area contributed by atoms with E-state index in [1.807, 2.05) is 13.8 Å². The summed E-state index contributed by atoms with van der Waals surface area (Å²) in [7, 11) is 0. The van der Waals surface area contributed by atoms with Crippen LogP contribution < -0.4 is 0 Å². The molecule has 0 fully saturated rings. The molecule has 0 aliphatic heterocycles. The second kappa shape index (κ2) is 6.68. The molecule has 4 nitrogen and oxygen atoms in total. The Labute approximate surface area is 148 Å². The van der Waals surface area contributed by atoms with Crippen molar-refractivity contribution in [1.82, 2.24) is 0 Å². The van der Waals surface area contributed by atoms with Crippen LogP contribution >= 0.6 is 0 Å². The molecule has 0 heterocycles. The number of rotatable bonds is 9. The predicted octanol–water partition coefficient (Wildman–Crippen LogP) is 5.46. The first-order valence-corrected chi connectivity index (χ1v) is 8.81. The molecule has 4 heteroatoms. The van der Waals surface area contributed by atoms with Gasteiger partial charge in [-0.2, -0.15) is 0 Å². The van der Waals surface area contributed by atoms with Gasteiger partial charge in [0.25, 0.3) is 0 Å². The summed E-state index contributed by atoms with van der Waals surface area (Å²) in [6.07, 6.45) is 1.59. The zero-order valence-corrected chi connectivity index (χ0v) is 17.3. The van der Waals surface area contributed by atoms with Crippen LogP contribution in [0.15, 0.2) is 0 Å². The minimum Gasteiger partial charge on any atom is -0.481 e. The van der Waals surface area contributed by atoms with E-state index in [-0.39, 0.29) is 22.7 Å². The Morgan fingerprint density at radius 2 is 1.12 bits per heavy atom. The van der Waals surface area contributed by atoms with E-state index in [2.05, 4.69) is 41.5 Å². The molecule has 0 aliphatic rings. The second-order valence-corrected chi connectivity index (χ2v) is 9.94. The molecule has 0 radical (unpaired) electrons. The van der Waals surface area contributed by atoms with Gasteiger partial charge in [-0.3, -0.25) is 9.59 Å². The van der Waals surface area contributed by atoms with Crippen molar-refractivity contribution in [3.8, 4) is 0 Å². The molecule has 0 atom stereocenters. The monoisotopic (exact) mass is 342 g/mol. The standard InChI is InChI=1S/C20H38O4/c1-16(2,13-11-12-14(21)22)18(5,6)20(9,10)19(7,8)17(3,4)15(23)24/h11-13H2,1-10H3,(H,21,22)(H,23,24). The van der Waals surface area contributed by atoms with Gasteiger partial charge in [0.2, 0.25) is 0 Å². The molecule has 0 rings (SSSR count). The molecule has 0 saturated carbocycles. The Hall–Kier alpha value is -1.06. The first kappa shape index (κ1) is 22.9. The summed E-state index contributed by atoms with van der Waals surface area (Å²) in [4.78, 5) is 22.7. The van der Waals surface area contributed by atoms with Crippen molar-refractivity contribution < 1.29 is 19.8 Å². The predicted molar refractivity (Wildman–Crippen MR) is 98.0 cm³/mol. The summed E-state index contributed by atoms with van der Waals surface area (Å²) < 4.78 is 0. The van der Waals surface area contributed by atoms with Crippen molar-refractivity contribution in [2.75, 3.05) is 0 Å². The van der Waals surface area contributed by atoms with Crippen LogP contribution in [0.1, 0.15) is 88.5 Å². The van der Waals surface area contributed by atoms with Crippen molar-refractivity contribution in [3.63, 3.8) is 0 Å². The van der Waals surface area contributed by atoms with Gasteiger partial charge in [-0.25, -0.2) is 0 Å². The van der Waals surface area contributed by atoms with Crippen LogP contribution in [0, 0.1) is 27.1 Å². The van der Waals surface area contributed by atoms with Crippen molar-refractivity contribution in [2.45, 2.75) is 88.5 Å². The molecule has 0 aromatic carbocycles. The van der Waals surface area contributed by atoms with E-state index in [1.54, 1.807) is 13.8 Å². The third-order valence-electron chi connectivity index (χ3n) is 8.11. The molecule has 24 heavy (non-hydrogen) atoms. The molecule has 0 aromatic heterocycles. The minimum absolute atomic E-state index is 0.127. The zero-order valence-electron chi connectivity index (χ0n) is 17.3. The molecule has 0 saturated heterocycles. The average Bonchev–Trinajstić information content (AvgIpc) is 2.36. The maximum Gasteiger partial charge on any atom is 0.309 e. The van der Waals surface area contributed by atoms with Crippen molar-refractivity contribution in [1.29, 1.82) is 0 Å². The molecule has 2 N–H and O–H groups in total. The maximum absolute atomic E-state index is 11.9. The summed E-state index contributed by atoms with van der Waals surface area (Å²) in [5.74, 6) is -1.56. The molecule has 0 amide bonds.